The molecule has 0 radical (unpaired) electrons. The summed E-state index contributed by atoms with van der Waals surface area (Å²) in [5.41, 5.74) is 2.76. The lowest BCUT2D eigenvalue weighted by molar-refractivity contribution is -0.139. The van der Waals surface area contributed by atoms with Gasteiger partial charge in [0.1, 0.15) is 6.61 Å². The summed E-state index contributed by atoms with van der Waals surface area (Å²) in [5.74, 6) is 0.650. The Morgan fingerprint density at radius 1 is 1.06 bits per heavy atom. The number of hydrogen-bond donors (Lipinski definition) is 2. The van der Waals surface area contributed by atoms with Crippen LogP contribution in [0.25, 0.3) is 0 Å². The number of methoxy groups -OCH3 is 1. The first-order chi connectivity index (χ1) is 15.6. The van der Waals surface area contributed by atoms with Crippen LogP contribution in [0.2, 0.25) is 0 Å². The SMILES string of the molecule is CCCCC1=C(C(=O)OCC)C(c2ccc(OCc3ccccc3)c(OC)c2)NC(=O)N1. The number of amides is 2. The molecule has 32 heavy (non-hydrogen) atoms. The Hall–Kier alpha value is -3.48. The first-order valence-corrected chi connectivity index (χ1v) is 10.9. The molecule has 1 heterocycles. The molecule has 0 saturated carbocycles. The van der Waals surface area contributed by atoms with Crippen LogP contribution in [-0.2, 0) is 16.1 Å². The zero-order chi connectivity index (χ0) is 22.9. The molecule has 0 fully saturated rings. The number of unbranched alkanes of at least 4 members (excludes halogenated alkanes) is 1. The number of nitrogens with one attached hydrogen (secondary N) is 2. The van der Waals surface area contributed by atoms with Gasteiger partial charge in [0.2, 0.25) is 0 Å². The fourth-order valence-corrected chi connectivity index (χ4v) is 3.59. The molecule has 1 atom stereocenters. The Labute approximate surface area is 188 Å². The van der Waals surface area contributed by atoms with E-state index in [4.69, 9.17) is 14.2 Å². The average Bonchev–Trinajstić information content (AvgIpc) is 2.81. The molecular formula is C25H30N2O5. The number of carbonyl (C=O) groups is 2. The van der Waals surface area contributed by atoms with E-state index in [1.54, 1.807) is 26.2 Å². The van der Waals surface area contributed by atoms with E-state index < -0.39 is 12.0 Å². The second-order valence-electron chi connectivity index (χ2n) is 7.43. The third kappa shape index (κ3) is 5.60. The molecule has 2 aromatic rings. The van der Waals surface area contributed by atoms with E-state index in [1.807, 2.05) is 36.4 Å². The third-order valence-electron chi connectivity index (χ3n) is 5.19. The van der Waals surface area contributed by atoms with Gasteiger partial charge in [0.05, 0.1) is 25.3 Å². The maximum absolute atomic E-state index is 12.8. The fraction of sp³-hybridized carbons (Fsp3) is 0.360. The van der Waals surface area contributed by atoms with Crippen LogP contribution in [0.3, 0.4) is 0 Å². The number of rotatable bonds is 10. The summed E-state index contributed by atoms with van der Waals surface area (Å²) >= 11 is 0. The van der Waals surface area contributed by atoms with Crippen molar-refractivity contribution < 1.29 is 23.8 Å². The minimum atomic E-state index is -0.647. The monoisotopic (exact) mass is 438 g/mol. The van der Waals surface area contributed by atoms with Crippen LogP contribution in [0.4, 0.5) is 4.79 Å². The second kappa shape index (κ2) is 11.2. The normalized spacial score (nSPS) is 15.6. The van der Waals surface area contributed by atoms with E-state index in [1.165, 1.54) is 0 Å². The van der Waals surface area contributed by atoms with Crippen molar-refractivity contribution in [1.29, 1.82) is 0 Å². The van der Waals surface area contributed by atoms with E-state index in [-0.39, 0.29) is 12.6 Å². The lowest BCUT2D eigenvalue weighted by Gasteiger charge is -2.29. The van der Waals surface area contributed by atoms with Crippen LogP contribution < -0.4 is 20.1 Å². The summed E-state index contributed by atoms with van der Waals surface area (Å²) < 4.78 is 16.8. The van der Waals surface area contributed by atoms with E-state index >= 15 is 0 Å². The smallest absolute Gasteiger partial charge is 0.338 e. The minimum Gasteiger partial charge on any atom is -0.493 e. The van der Waals surface area contributed by atoms with Gasteiger partial charge in [-0.1, -0.05) is 49.7 Å². The van der Waals surface area contributed by atoms with Crippen LogP contribution in [0.1, 0.15) is 50.3 Å². The highest BCUT2D eigenvalue weighted by Crippen LogP contribution is 2.35. The van der Waals surface area contributed by atoms with Gasteiger partial charge in [-0.25, -0.2) is 9.59 Å². The summed E-state index contributed by atoms with van der Waals surface area (Å²) in [6.07, 6.45) is 2.37. The van der Waals surface area contributed by atoms with Gasteiger partial charge in [-0.05, 0) is 43.0 Å². The zero-order valence-electron chi connectivity index (χ0n) is 18.8. The van der Waals surface area contributed by atoms with Crippen molar-refractivity contribution in [3.63, 3.8) is 0 Å². The van der Waals surface area contributed by atoms with E-state index in [0.717, 1.165) is 18.4 Å². The average molecular weight is 439 g/mol. The highest BCUT2D eigenvalue weighted by molar-refractivity contribution is 5.95. The van der Waals surface area contributed by atoms with Gasteiger partial charge in [0.25, 0.3) is 0 Å². The summed E-state index contributed by atoms with van der Waals surface area (Å²) in [4.78, 5) is 25.2. The number of urea groups is 1. The zero-order valence-corrected chi connectivity index (χ0v) is 18.8. The maximum Gasteiger partial charge on any atom is 0.338 e. The molecule has 7 nitrogen and oxygen atoms in total. The summed E-state index contributed by atoms with van der Waals surface area (Å²) in [5, 5.41) is 5.64. The fourth-order valence-electron chi connectivity index (χ4n) is 3.59. The van der Waals surface area contributed by atoms with Gasteiger partial charge >= 0.3 is 12.0 Å². The van der Waals surface area contributed by atoms with Gasteiger partial charge in [-0.3, -0.25) is 0 Å². The lowest BCUT2D eigenvalue weighted by Crippen LogP contribution is -2.46. The molecule has 0 aliphatic carbocycles. The molecule has 1 aliphatic rings. The molecule has 0 aromatic heterocycles. The first-order valence-electron chi connectivity index (χ1n) is 10.9. The molecule has 1 unspecified atom stereocenters. The van der Waals surface area contributed by atoms with Crippen LogP contribution in [0.15, 0.2) is 59.8 Å². The summed E-state index contributed by atoms with van der Waals surface area (Å²) in [6.45, 7) is 4.47. The highest BCUT2D eigenvalue weighted by Gasteiger charge is 2.33. The number of ether oxygens (including phenoxy) is 3. The Morgan fingerprint density at radius 3 is 2.53 bits per heavy atom. The van der Waals surface area contributed by atoms with E-state index in [9.17, 15) is 9.59 Å². The summed E-state index contributed by atoms with van der Waals surface area (Å²) in [6, 6.07) is 14.2. The van der Waals surface area contributed by atoms with Crippen molar-refractivity contribution in [2.45, 2.75) is 45.8 Å². The van der Waals surface area contributed by atoms with Crippen molar-refractivity contribution in [2.24, 2.45) is 0 Å². The highest BCUT2D eigenvalue weighted by atomic mass is 16.5. The molecule has 170 valence electrons. The number of hydrogen-bond acceptors (Lipinski definition) is 5. The van der Waals surface area contributed by atoms with Gasteiger partial charge in [0, 0.05) is 5.70 Å². The number of allylic oxidation sites excluding steroid dienone is 1. The Morgan fingerprint density at radius 2 is 1.84 bits per heavy atom. The Balaban J connectivity index is 1.92. The molecule has 2 aromatic carbocycles. The second-order valence-corrected chi connectivity index (χ2v) is 7.43. The molecule has 2 N–H and O–H groups in total. The molecule has 0 spiro atoms. The predicted octanol–water partition coefficient (Wildman–Crippen LogP) is 4.64. The summed E-state index contributed by atoms with van der Waals surface area (Å²) in [7, 11) is 1.56. The van der Waals surface area contributed by atoms with Crippen molar-refractivity contribution in [3.05, 3.63) is 70.9 Å². The Kier molecular flexibility index (Phi) is 8.14. The Bertz CT molecular complexity index is 972. The molecule has 0 saturated heterocycles. The first kappa shape index (κ1) is 23.2. The van der Waals surface area contributed by atoms with Crippen LogP contribution >= 0.6 is 0 Å². The molecule has 0 bridgehead atoms. The molecule has 2 amide bonds. The van der Waals surface area contributed by atoms with Gasteiger partial charge < -0.3 is 24.8 Å². The third-order valence-corrected chi connectivity index (χ3v) is 5.19. The van der Waals surface area contributed by atoms with E-state index in [2.05, 4.69) is 17.6 Å². The quantitative estimate of drug-likeness (QED) is 0.528. The molecule has 3 rings (SSSR count). The minimum absolute atomic E-state index is 0.250. The van der Waals surface area contributed by atoms with Gasteiger partial charge in [-0.15, -0.1) is 0 Å². The van der Waals surface area contributed by atoms with E-state index in [0.29, 0.717) is 41.4 Å². The number of benzene rings is 2. The van der Waals surface area contributed by atoms with Crippen molar-refractivity contribution >= 4 is 12.0 Å². The van der Waals surface area contributed by atoms with Crippen molar-refractivity contribution in [2.75, 3.05) is 13.7 Å². The van der Waals surface area contributed by atoms with Crippen molar-refractivity contribution in [3.8, 4) is 11.5 Å². The van der Waals surface area contributed by atoms with Crippen LogP contribution in [0.5, 0.6) is 11.5 Å². The maximum atomic E-state index is 12.8. The molecular weight excluding hydrogens is 408 g/mol. The largest absolute Gasteiger partial charge is 0.493 e. The lowest BCUT2D eigenvalue weighted by atomic mass is 9.93. The van der Waals surface area contributed by atoms with Gasteiger partial charge in [-0.2, -0.15) is 0 Å². The predicted molar refractivity (Wildman–Crippen MR) is 121 cm³/mol. The standard InChI is InChI=1S/C25H30N2O5/c1-4-6-12-19-22(24(28)31-5-2)23(27-25(29)26-19)18-13-14-20(21(15-18)30-3)32-16-17-10-8-7-9-11-17/h7-11,13-15,23H,4-6,12,16H2,1-3H3,(H2,26,27,29). The van der Waals surface area contributed by atoms with Gasteiger partial charge in [0.15, 0.2) is 11.5 Å². The molecule has 1 aliphatic heterocycles. The van der Waals surface area contributed by atoms with Crippen LogP contribution in [0, 0.1) is 0 Å². The van der Waals surface area contributed by atoms with Crippen molar-refractivity contribution in [1.82, 2.24) is 10.6 Å². The topological polar surface area (TPSA) is 85.9 Å². The number of esters is 1. The molecule has 7 heteroatoms. The van der Waals surface area contributed by atoms with Crippen LogP contribution in [-0.4, -0.2) is 25.7 Å². The number of carbonyl (C=O) groups excluding carboxylic acids is 2.